The van der Waals surface area contributed by atoms with Crippen molar-refractivity contribution < 1.29 is 19.2 Å². The van der Waals surface area contributed by atoms with Gasteiger partial charge in [-0.15, -0.1) is 0 Å². The number of carbonyl (C=O) groups is 1. The number of carbonyl (C=O) groups excluding carboxylic acids is 1. The summed E-state index contributed by atoms with van der Waals surface area (Å²) in [5.74, 6) is -0.527. The van der Waals surface area contributed by atoms with Crippen LogP contribution in [0.4, 0.5) is 0 Å². The molecule has 1 atom stereocenters. The fourth-order valence-electron chi connectivity index (χ4n) is 0.650. The van der Waals surface area contributed by atoms with Crippen LogP contribution in [0.3, 0.4) is 0 Å². The molecule has 0 aliphatic heterocycles. The van der Waals surface area contributed by atoms with Gasteiger partial charge in [0.05, 0.1) is 0 Å². The number of aliphatic hydroxyl groups excluding tert-OH is 1. The summed E-state index contributed by atoms with van der Waals surface area (Å²) in [7, 11) is 1.72. The average molecular weight is 172 g/mol. The Morgan fingerprint density at radius 2 is 2.42 bits per heavy atom. The number of rotatable bonds is 5. The van der Waals surface area contributed by atoms with Crippen LogP contribution in [-0.4, -0.2) is 48.7 Å². The van der Waals surface area contributed by atoms with Crippen molar-refractivity contribution in [3.8, 4) is 0 Å². The molecule has 4 nitrogen and oxygen atoms in total. The summed E-state index contributed by atoms with van der Waals surface area (Å²) in [6, 6.07) is 0. The monoisotopic (exact) mass is 172 g/mol. The van der Waals surface area contributed by atoms with Gasteiger partial charge in [-0.3, -0.25) is 0 Å². The Morgan fingerprint density at radius 3 is 2.83 bits per heavy atom. The van der Waals surface area contributed by atoms with E-state index in [9.17, 15) is 9.90 Å². The predicted molar refractivity (Wildman–Crippen MR) is 45.3 cm³/mol. The summed E-state index contributed by atoms with van der Waals surface area (Å²) in [6.45, 7) is 7.10. The molecule has 0 saturated heterocycles. The fourth-order valence-corrected chi connectivity index (χ4v) is 0.650. The van der Waals surface area contributed by atoms with Crippen LogP contribution in [0.2, 0.25) is 0 Å². The Balaban J connectivity index is 3.56. The molecule has 0 saturated carbocycles. The third-order valence-corrected chi connectivity index (χ3v) is 1.11. The minimum absolute atomic E-state index is 0.0231. The quantitative estimate of drug-likeness (QED) is 0.261. The van der Waals surface area contributed by atoms with Gasteiger partial charge in [0.2, 0.25) is 0 Å². The van der Waals surface area contributed by atoms with Gasteiger partial charge >= 0.3 is 5.97 Å². The molecule has 12 heavy (non-hydrogen) atoms. The first-order valence-electron chi connectivity index (χ1n) is 3.55. The zero-order chi connectivity index (χ0) is 9.56. The maximum Gasteiger partial charge on any atom is 0.330 e. The first-order chi connectivity index (χ1) is 5.56. The van der Waals surface area contributed by atoms with Crippen LogP contribution in [-0.2, 0) is 9.53 Å². The summed E-state index contributed by atoms with van der Waals surface area (Å²) in [5, 5.41) is 9.17. The van der Waals surface area contributed by atoms with E-state index in [2.05, 4.69) is 18.0 Å². The van der Waals surface area contributed by atoms with Crippen molar-refractivity contribution in [3.63, 3.8) is 0 Å². The first kappa shape index (κ1) is 10.8. The van der Waals surface area contributed by atoms with E-state index >= 15 is 0 Å². The maximum absolute atomic E-state index is 10.5. The van der Waals surface area contributed by atoms with Gasteiger partial charge in [0, 0.05) is 6.08 Å². The van der Waals surface area contributed by atoms with Crippen molar-refractivity contribution in [1.29, 1.82) is 0 Å². The predicted octanol–water partition coefficient (Wildman–Crippen LogP) is -0.581. The first-order valence-corrected chi connectivity index (χ1v) is 3.55. The molecule has 0 aromatic heterocycles. The lowest BCUT2D eigenvalue weighted by Gasteiger charge is -2.06. The molecule has 0 rings (SSSR count). The maximum atomic E-state index is 10.5. The zero-order valence-corrected chi connectivity index (χ0v) is 7.19. The van der Waals surface area contributed by atoms with Crippen molar-refractivity contribution in [2.75, 3.05) is 20.2 Å². The molecule has 0 aliphatic rings. The molecule has 0 bridgehead atoms. The van der Waals surface area contributed by atoms with E-state index in [0.717, 1.165) is 6.08 Å². The molecular weight excluding hydrogens is 158 g/mol. The molecule has 0 radical (unpaired) electrons. The van der Waals surface area contributed by atoms with E-state index in [1.54, 1.807) is 11.6 Å². The van der Waals surface area contributed by atoms with Gasteiger partial charge in [-0.05, 0) is 0 Å². The SMILES string of the molecule is C=CC(=O)OCC(O)C[N+](=C)C. The minimum Gasteiger partial charge on any atom is -0.460 e. The van der Waals surface area contributed by atoms with Gasteiger partial charge < -0.3 is 9.84 Å². The molecule has 0 heterocycles. The molecule has 1 unspecified atom stereocenters. The summed E-state index contributed by atoms with van der Waals surface area (Å²) >= 11 is 0. The molecule has 0 aliphatic carbocycles. The van der Waals surface area contributed by atoms with Gasteiger partial charge in [0.1, 0.15) is 26.5 Å². The van der Waals surface area contributed by atoms with E-state index in [0.29, 0.717) is 6.54 Å². The van der Waals surface area contributed by atoms with Crippen molar-refractivity contribution in [1.82, 2.24) is 0 Å². The highest BCUT2D eigenvalue weighted by Gasteiger charge is 2.09. The van der Waals surface area contributed by atoms with Crippen molar-refractivity contribution in [2.45, 2.75) is 6.10 Å². The van der Waals surface area contributed by atoms with Crippen LogP contribution in [0.1, 0.15) is 0 Å². The van der Waals surface area contributed by atoms with Gasteiger partial charge in [-0.2, -0.15) is 0 Å². The Kier molecular flexibility index (Phi) is 4.96. The molecule has 1 N–H and O–H groups in total. The lowest BCUT2D eigenvalue weighted by Crippen LogP contribution is -2.26. The molecular formula is C8H14NO3+. The van der Waals surface area contributed by atoms with Crippen LogP contribution < -0.4 is 0 Å². The smallest absolute Gasteiger partial charge is 0.330 e. The second kappa shape index (κ2) is 5.49. The second-order valence-electron chi connectivity index (χ2n) is 2.53. The summed E-state index contributed by atoms with van der Waals surface area (Å²) in [6.07, 6.45) is 0.358. The summed E-state index contributed by atoms with van der Waals surface area (Å²) in [4.78, 5) is 10.5. The van der Waals surface area contributed by atoms with E-state index in [4.69, 9.17) is 0 Å². The average Bonchev–Trinajstić information content (AvgIpc) is 1.99. The Morgan fingerprint density at radius 1 is 1.83 bits per heavy atom. The van der Waals surface area contributed by atoms with Crippen LogP contribution in [0.25, 0.3) is 0 Å². The topological polar surface area (TPSA) is 49.5 Å². The molecule has 0 aromatic carbocycles. The summed E-state index contributed by atoms with van der Waals surface area (Å²) in [5.41, 5.74) is 0. The third-order valence-electron chi connectivity index (χ3n) is 1.11. The second-order valence-corrected chi connectivity index (χ2v) is 2.53. The number of likely N-dealkylation sites (N-methyl/N-ethyl adjacent to an activating group) is 1. The lowest BCUT2D eigenvalue weighted by molar-refractivity contribution is -0.498. The van der Waals surface area contributed by atoms with Crippen LogP contribution in [0, 0.1) is 0 Å². The molecule has 4 heteroatoms. The van der Waals surface area contributed by atoms with Crippen molar-refractivity contribution >= 4 is 12.7 Å². The number of nitrogens with zero attached hydrogens (tertiary/aromatic N) is 1. The van der Waals surface area contributed by atoms with Crippen molar-refractivity contribution in [2.24, 2.45) is 0 Å². The van der Waals surface area contributed by atoms with Gasteiger partial charge in [0.25, 0.3) is 0 Å². The number of hydrogen-bond acceptors (Lipinski definition) is 3. The Hall–Kier alpha value is -1.16. The normalized spacial score (nSPS) is 11.8. The van der Waals surface area contributed by atoms with Crippen LogP contribution in [0.15, 0.2) is 12.7 Å². The van der Waals surface area contributed by atoms with E-state index in [1.807, 2.05) is 0 Å². The molecule has 68 valence electrons. The third kappa shape index (κ3) is 5.61. The van der Waals surface area contributed by atoms with Crippen LogP contribution in [0.5, 0.6) is 0 Å². The molecule has 0 amide bonds. The lowest BCUT2D eigenvalue weighted by atomic mass is 10.4. The van der Waals surface area contributed by atoms with E-state index < -0.39 is 12.1 Å². The molecule has 0 spiro atoms. The number of ether oxygens (including phenoxy) is 1. The van der Waals surface area contributed by atoms with Crippen LogP contribution >= 0.6 is 0 Å². The highest BCUT2D eigenvalue weighted by atomic mass is 16.5. The van der Waals surface area contributed by atoms with Crippen molar-refractivity contribution in [3.05, 3.63) is 12.7 Å². The fraction of sp³-hybridized carbons (Fsp3) is 0.500. The Bertz CT molecular complexity index is 189. The summed E-state index contributed by atoms with van der Waals surface area (Å²) < 4.78 is 6.15. The molecule has 0 fully saturated rings. The number of hydrogen-bond donors (Lipinski definition) is 1. The minimum atomic E-state index is -0.698. The molecule has 0 aromatic rings. The standard InChI is InChI=1S/C8H14NO3/c1-4-8(11)12-6-7(10)5-9(2)3/h4,7,10H,1-2,5-6H2,3H3/q+1. The largest absolute Gasteiger partial charge is 0.460 e. The number of esters is 1. The van der Waals surface area contributed by atoms with Gasteiger partial charge in [-0.25, -0.2) is 9.37 Å². The van der Waals surface area contributed by atoms with E-state index in [-0.39, 0.29) is 6.61 Å². The highest BCUT2D eigenvalue weighted by Crippen LogP contribution is 1.87. The zero-order valence-electron chi connectivity index (χ0n) is 7.19. The number of aliphatic hydroxyl groups is 1. The van der Waals surface area contributed by atoms with Gasteiger partial charge in [0.15, 0.2) is 6.54 Å². The van der Waals surface area contributed by atoms with Gasteiger partial charge in [-0.1, -0.05) is 6.58 Å². The highest BCUT2D eigenvalue weighted by molar-refractivity contribution is 5.81. The Labute approximate surface area is 71.8 Å². The van der Waals surface area contributed by atoms with E-state index in [1.165, 1.54) is 0 Å².